The molecule has 8 heteroatoms. The average Bonchev–Trinajstić information content (AvgIpc) is 3.57. The molecule has 1 aromatic heterocycles. The molecule has 1 saturated heterocycles. The predicted molar refractivity (Wildman–Crippen MR) is 149 cm³/mol. The fourth-order valence-electron chi connectivity index (χ4n) is 4.92. The lowest BCUT2D eigenvalue weighted by molar-refractivity contribution is -0.174. The van der Waals surface area contributed by atoms with Crippen molar-refractivity contribution in [2.45, 2.75) is 50.7 Å². The zero-order valence-electron chi connectivity index (χ0n) is 22.0. The zero-order valence-corrected chi connectivity index (χ0v) is 22.8. The van der Waals surface area contributed by atoms with E-state index < -0.39 is 35.3 Å². The molecule has 3 atom stereocenters. The first-order valence-electron chi connectivity index (χ1n) is 12.7. The summed E-state index contributed by atoms with van der Waals surface area (Å²) in [6, 6.07) is 26.4. The minimum absolute atomic E-state index is 0.0372. The van der Waals surface area contributed by atoms with Crippen LogP contribution in [0, 0.1) is 0 Å². The molecule has 39 heavy (non-hydrogen) atoms. The molecule has 1 fully saturated rings. The first-order chi connectivity index (χ1) is 18.7. The topological polar surface area (TPSA) is 89.0 Å². The Kier molecular flexibility index (Phi) is 7.36. The predicted octanol–water partition coefficient (Wildman–Crippen LogP) is 6.32. The molecule has 1 aliphatic rings. The van der Waals surface area contributed by atoms with Crippen molar-refractivity contribution in [2.75, 3.05) is 0 Å². The zero-order chi connectivity index (χ0) is 27.6. The van der Waals surface area contributed by atoms with Crippen molar-refractivity contribution in [1.29, 1.82) is 0 Å². The summed E-state index contributed by atoms with van der Waals surface area (Å²) in [7, 11) is 0. The van der Waals surface area contributed by atoms with E-state index in [9.17, 15) is 14.7 Å². The number of carbonyl (C=O) groups is 2. The molecular weight excluding hydrogens is 512 g/mol. The fourth-order valence-corrected chi connectivity index (χ4v) is 5.64. The number of aliphatic hydroxyl groups is 1. The summed E-state index contributed by atoms with van der Waals surface area (Å²) < 4.78 is 11.9. The quantitative estimate of drug-likeness (QED) is 0.280. The second-order valence-corrected chi connectivity index (χ2v) is 11.1. The summed E-state index contributed by atoms with van der Waals surface area (Å²) in [6.45, 7) is 5.08. The summed E-state index contributed by atoms with van der Waals surface area (Å²) in [6.07, 6.45) is -0.647. The Hall–Kier alpha value is -3.85. The molecule has 0 bridgehead atoms. The molecule has 1 N–H and O–H groups in total. The number of hydrogen-bond acceptors (Lipinski definition) is 7. The standard InChI is InChI=1S/C31H30N2O5S/c1-30(2)26(24-12-8-5-9-13-24)33(29(36)38-30)28(35)31(3,27(34)25-18-32-20-39-25)37-19-21-14-16-23(17-15-21)22-10-6-4-7-11-22/h4-18,20,26-27,34H,19H2,1-3H3/t26-,27-,31-/m0/s1. The third kappa shape index (κ3) is 5.23. The number of rotatable bonds is 8. The van der Waals surface area contributed by atoms with Gasteiger partial charge in [-0.25, -0.2) is 9.69 Å². The van der Waals surface area contributed by atoms with Gasteiger partial charge in [0, 0.05) is 6.20 Å². The molecule has 0 spiro atoms. The van der Waals surface area contributed by atoms with Crippen LogP contribution in [0.3, 0.4) is 0 Å². The van der Waals surface area contributed by atoms with Crippen LogP contribution < -0.4 is 0 Å². The maximum Gasteiger partial charge on any atom is 0.417 e. The summed E-state index contributed by atoms with van der Waals surface area (Å²) in [5.41, 5.74) is 2.48. The maximum absolute atomic E-state index is 14.3. The smallest absolute Gasteiger partial charge is 0.417 e. The van der Waals surface area contributed by atoms with Gasteiger partial charge in [-0.15, -0.1) is 11.3 Å². The number of aliphatic hydroxyl groups excluding tert-OH is 1. The number of nitrogens with zero attached hydrogens (tertiary/aromatic N) is 2. The van der Waals surface area contributed by atoms with Gasteiger partial charge < -0.3 is 14.6 Å². The van der Waals surface area contributed by atoms with Crippen LogP contribution >= 0.6 is 11.3 Å². The number of benzene rings is 3. The molecule has 200 valence electrons. The highest BCUT2D eigenvalue weighted by atomic mass is 32.1. The second kappa shape index (κ2) is 10.7. The van der Waals surface area contributed by atoms with Crippen LogP contribution in [0.15, 0.2) is 96.6 Å². The molecule has 0 radical (unpaired) electrons. The van der Waals surface area contributed by atoms with Gasteiger partial charge in [-0.05, 0) is 43.0 Å². The third-order valence-electron chi connectivity index (χ3n) is 7.06. The molecule has 1 aliphatic heterocycles. The largest absolute Gasteiger partial charge is 0.440 e. The molecular formula is C31H30N2O5S. The highest BCUT2D eigenvalue weighted by Crippen LogP contribution is 2.44. The van der Waals surface area contributed by atoms with Gasteiger partial charge >= 0.3 is 6.09 Å². The van der Waals surface area contributed by atoms with Crippen LogP contribution in [0.25, 0.3) is 11.1 Å². The van der Waals surface area contributed by atoms with Crippen LogP contribution in [-0.2, 0) is 20.9 Å². The number of cyclic esters (lactones) is 1. The molecule has 0 aliphatic carbocycles. The molecule has 2 heterocycles. The van der Waals surface area contributed by atoms with Gasteiger partial charge in [0.1, 0.15) is 17.7 Å². The maximum atomic E-state index is 14.3. The van der Waals surface area contributed by atoms with E-state index in [0.29, 0.717) is 4.88 Å². The summed E-state index contributed by atoms with van der Waals surface area (Å²) in [4.78, 5) is 33.0. The van der Waals surface area contributed by atoms with Gasteiger partial charge in [-0.2, -0.15) is 0 Å². The van der Waals surface area contributed by atoms with Crippen molar-refractivity contribution in [1.82, 2.24) is 9.88 Å². The van der Waals surface area contributed by atoms with E-state index in [4.69, 9.17) is 9.47 Å². The van der Waals surface area contributed by atoms with E-state index in [1.54, 1.807) is 19.4 Å². The van der Waals surface area contributed by atoms with E-state index in [0.717, 1.165) is 27.2 Å². The monoisotopic (exact) mass is 542 g/mol. The number of carbonyl (C=O) groups excluding carboxylic acids is 2. The summed E-state index contributed by atoms with van der Waals surface area (Å²) in [5, 5.41) is 11.4. The Morgan fingerprint density at radius 3 is 2.28 bits per heavy atom. The van der Waals surface area contributed by atoms with Gasteiger partial charge in [0.25, 0.3) is 5.91 Å². The molecule has 4 aromatic rings. The fraction of sp³-hybridized carbons (Fsp3) is 0.258. The summed E-state index contributed by atoms with van der Waals surface area (Å²) in [5.74, 6) is -0.686. The highest BCUT2D eigenvalue weighted by Gasteiger charge is 2.57. The van der Waals surface area contributed by atoms with Crippen LogP contribution in [-0.4, -0.2) is 38.2 Å². The SMILES string of the molecule is CC1(C)OC(=O)N(C(=O)[C@@](C)(OCc2ccc(-c3ccccc3)cc2)[C@@H](O)c2cncs2)[C@H]1c1ccccc1. The van der Waals surface area contributed by atoms with E-state index in [2.05, 4.69) is 4.98 Å². The van der Waals surface area contributed by atoms with Gasteiger partial charge in [0.05, 0.1) is 17.0 Å². The molecule has 5 rings (SSSR count). The lowest BCUT2D eigenvalue weighted by atomic mass is 9.89. The van der Waals surface area contributed by atoms with E-state index in [1.165, 1.54) is 24.5 Å². The van der Waals surface area contributed by atoms with E-state index in [1.807, 2.05) is 84.9 Å². The van der Waals surface area contributed by atoms with Crippen molar-refractivity contribution in [3.05, 3.63) is 113 Å². The Morgan fingerprint density at radius 1 is 1.05 bits per heavy atom. The number of ether oxygens (including phenoxy) is 2. The van der Waals surface area contributed by atoms with Gasteiger partial charge in [0.15, 0.2) is 5.60 Å². The van der Waals surface area contributed by atoms with Crippen LogP contribution in [0.1, 0.15) is 48.9 Å². The minimum Gasteiger partial charge on any atom is -0.440 e. The normalized spacial score (nSPS) is 18.8. The van der Waals surface area contributed by atoms with Crippen molar-refractivity contribution in [3.63, 3.8) is 0 Å². The van der Waals surface area contributed by atoms with Crippen LogP contribution in [0.5, 0.6) is 0 Å². The third-order valence-corrected chi connectivity index (χ3v) is 7.89. The first kappa shape index (κ1) is 26.7. The van der Waals surface area contributed by atoms with Crippen molar-refractivity contribution in [2.24, 2.45) is 0 Å². The first-order valence-corrected chi connectivity index (χ1v) is 13.5. The number of hydrogen-bond donors (Lipinski definition) is 1. The van der Waals surface area contributed by atoms with Gasteiger partial charge in [0.2, 0.25) is 0 Å². The molecule has 2 amide bonds. The van der Waals surface area contributed by atoms with E-state index >= 15 is 0 Å². The van der Waals surface area contributed by atoms with Crippen LogP contribution in [0.4, 0.5) is 4.79 Å². The minimum atomic E-state index is -1.81. The number of thiazole rings is 1. The highest BCUT2D eigenvalue weighted by molar-refractivity contribution is 7.09. The number of imide groups is 1. The van der Waals surface area contributed by atoms with Crippen molar-refractivity contribution >= 4 is 23.3 Å². The van der Waals surface area contributed by atoms with Crippen molar-refractivity contribution < 1.29 is 24.2 Å². The number of aromatic nitrogens is 1. The average molecular weight is 543 g/mol. The lowest BCUT2D eigenvalue weighted by Gasteiger charge is -2.37. The van der Waals surface area contributed by atoms with Crippen LogP contribution in [0.2, 0.25) is 0 Å². The molecule has 0 unspecified atom stereocenters. The Balaban J connectivity index is 1.46. The molecule has 0 saturated carbocycles. The Morgan fingerprint density at radius 2 is 1.67 bits per heavy atom. The Bertz CT molecular complexity index is 1430. The van der Waals surface area contributed by atoms with Gasteiger partial charge in [-0.3, -0.25) is 9.78 Å². The second-order valence-electron chi connectivity index (χ2n) is 10.2. The molecule has 7 nitrogen and oxygen atoms in total. The summed E-state index contributed by atoms with van der Waals surface area (Å²) >= 11 is 1.21. The Labute approximate surface area is 231 Å². The lowest BCUT2D eigenvalue weighted by Crippen LogP contribution is -2.54. The van der Waals surface area contributed by atoms with Crippen molar-refractivity contribution in [3.8, 4) is 11.1 Å². The van der Waals surface area contributed by atoms with E-state index in [-0.39, 0.29) is 6.61 Å². The van der Waals surface area contributed by atoms with Gasteiger partial charge in [-0.1, -0.05) is 84.9 Å². The number of amides is 2. The molecule has 3 aromatic carbocycles.